The van der Waals surface area contributed by atoms with E-state index in [9.17, 15) is 30.3 Å². The largest absolute Gasteiger partial charge is 0.394 e. The van der Waals surface area contributed by atoms with Crippen LogP contribution in [-0.2, 0) is 14.3 Å². The van der Waals surface area contributed by atoms with Crippen molar-refractivity contribution in [3.8, 4) is 0 Å². The molecule has 6 N–H and O–H groups in total. The zero-order valence-corrected chi connectivity index (χ0v) is 37.0. The molecule has 7 unspecified atom stereocenters. The van der Waals surface area contributed by atoms with Gasteiger partial charge in [0.15, 0.2) is 6.29 Å². The van der Waals surface area contributed by atoms with Crippen LogP contribution in [-0.4, -0.2) is 87.5 Å². The predicted molar refractivity (Wildman–Crippen MR) is 239 cm³/mol. The van der Waals surface area contributed by atoms with Crippen molar-refractivity contribution in [1.29, 1.82) is 0 Å². The van der Waals surface area contributed by atoms with Crippen LogP contribution in [0.15, 0.2) is 48.6 Å². The molecular weight excluding hydrogens is 731 g/mol. The van der Waals surface area contributed by atoms with Crippen LogP contribution in [0.1, 0.15) is 200 Å². The maximum Gasteiger partial charge on any atom is 0.220 e. The SMILES string of the molecule is CCCCCCCCC/C=C\CCCCCCCCCC(=O)NC(COC1OC(CO)C(O)C(O)C1O)C(O)/C=C/CC/C=C/CC/C=C/CCCCCCCCC. The molecule has 1 aliphatic heterocycles. The van der Waals surface area contributed by atoms with Gasteiger partial charge in [-0.1, -0.05) is 172 Å². The monoisotopic (exact) mass is 820 g/mol. The number of rotatable bonds is 39. The third-order valence-corrected chi connectivity index (χ3v) is 11.1. The van der Waals surface area contributed by atoms with E-state index in [-0.39, 0.29) is 12.5 Å². The smallest absolute Gasteiger partial charge is 0.220 e. The Bertz CT molecular complexity index is 1050. The molecular formula is C49H89NO8. The number of hydrogen-bond donors (Lipinski definition) is 6. The summed E-state index contributed by atoms with van der Waals surface area (Å²) in [6.45, 7) is 3.74. The molecule has 1 rings (SSSR count). The maximum atomic E-state index is 13.0. The zero-order valence-electron chi connectivity index (χ0n) is 37.0. The molecule has 9 heteroatoms. The number of aliphatic hydroxyl groups excluding tert-OH is 5. The Labute approximate surface area is 354 Å². The number of allylic oxidation sites excluding steroid dienone is 7. The molecule has 0 aliphatic carbocycles. The van der Waals surface area contributed by atoms with Crippen molar-refractivity contribution >= 4 is 5.91 Å². The molecule has 1 saturated heterocycles. The first-order chi connectivity index (χ1) is 28.3. The zero-order chi connectivity index (χ0) is 42.3. The lowest BCUT2D eigenvalue weighted by Gasteiger charge is -2.40. The number of carbonyl (C=O) groups excluding carboxylic acids is 1. The predicted octanol–water partition coefficient (Wildman–Crippen LogP) is 10.2. The van der Waals surface area contributed by atoms with Gasteiger partial charge in [-0.2, -0.15) is 0 Å². The quantitative estimate of drug-likeness (QED) is 0.0265. The number of amides is 1. The molecule has 0 radical (unpaired) electrons. The van der Waals surface area contributed by atoms with Crippen molar-refractivity contribution in [2.45, 2.75) is 243 Å². The van der Waals surface area contributed by atoms with E-state index >= 15 is 0 Å². The van der Waals surface area contributed by atoms with Crippen LogP contribution in [0.5, 0.6) is 0 Å². The van der Waals surface area contributed by atoms with E-state index in [0.29, 0.717) is 6.42 Å². The second-order valence-corrected chi connectivity index (χ2v) is 16.5. The summed E-state index contributed by atoms with van der Waals surface area (Å²) >= 11 is 0. The van der Waals surface area contributed by atoms with Gasteiger partial charge in [-0.05, 0) is 70.6 Å². The summed E-state index contributed by atoms with van der Waals surface area (Å²) < 4.78 is 11.2. The average Bonchev–Trinajstić information content (AvgIpc) is 3.22. The molecule has 0 saturated carbocycles. The number of unbranched alkanes of at least 4 members (excludes halogenated alkanes) is 23. The number of nitrogens with one attached hydrogen (secondary N) is 1. The van der Waals surface area contributed by atoms with E-state index in [1.54, 1.807) is 6.08 Å². The fourth-order valence-corrected chi connectivity index (χ4v) is 7.24. The number of carbonyl (C=O) groups is 1. The number of aliphatic hydroxyl groups is 5. The van der Waals surface area contributed by atoms with Crippen molar-refractivity contribution in [2.24, 2.45) is 0 Å². The first-order valence-corrected chi connectivity index (χ1v) is 23.9. The van der Waals surface area contributed by atoms with Gasteiger partial charge in [-0.15, -0.1) is 0 Å². The molecule has 0 spiro atoms. The molecule has 58 heavy (non-hydrogen) atoms. The summed E-state index contributed by atoms with van der Waals surface area (Å²) in [4.78, 5) is 13.0. The second-order valence-electron chi connectivity index (χ2n) is 16.5. The van der Waals surface area contributed by atoms with E-state index in [1.807, 2.05) is 6.08 Å². The fraction of sp³-hybridized carbons (Fsp3) is 0.816. The first kappa shape index (κ1) is 54.2. The van der Waals surface area contributed by atoms with Gasteiger partial charge in [0.2, 0.25) is 5.91 Å². The van der Waals surface area contributed by atoms with Crippen molar-refractivity contribution in [1.82, 2.24) is 5.32 Å². The van der Waals surface area contributed by atoms with Crippen LogP contribution in [0.4, 0.5) is 0 Å². The molecule has 0 aromatic heterocycles. The van der Waals surface area contributed by atoms with Gasteiger partial charge in [0, 0.05) is 6.42 Å². The standard InChI is InChI=1S/C49H89NO8/c1-3-5-7-9-11-13-15-17-19-21-23-25-27-29-31-33-35-37-39-45(53)50-42(41-57-49-48(56)47(55)46(54)44(40-51)58-49)43(52)38-36-34-32-30-28-26-24-22-20-18-16-14-12-10-8-6-4-2/h19-22,28,30,36,38,42-44,46-49,51-52,54-56H,3-18,23-27,29,31-35,37,39-41H2,1-2H3,(H,50,53)/b21-19-,22-20+,30-28+,38-36+. The van der Waals surface area contributed by atoms with Gasteiger partial charge < -0.3 is 40.3 Å². The lowest BCUT2D eigenvalue weighted by molar-refractivity contribution is -0.302. The Morgan fingerprint density at radius 3 is 1.45 bits per heavy atom. The van der Waals surface area contributed by atoms with Crippen molar-refractivity contribution in [2.75, 3.05) is 13.2 Å². The summed E-state index contributed by atoms with van der Waals surface area (Å²) in [5.41, 5.74) is 0. The van der Waals surface area contributed by atoms with E-state index in [2.05, 4.69) is 55.6 Å². The highest BCUT2D eigenvalue weighted by Crippen LogP contribution is 2.22. The Morgan fingerprint density at radius 2 is 0.983 bits per heavy atom. The lowest BCUT2D eigenvalue weighted by atomic mass is 9.99. The van der Waals surface area contributed by atoms with Crippen molar-refractivity contribution in [3.05, 3.63) is 48.6 Å². The maximum absolute atomic E-state index is 13.0. The van der Waals surface area contributed by atoms with Gasteiger partial charge in [0.05, 0.1) is 25.4 Å². The van der Waals surface area contributed by atoms with Crippen LogP contribution in [0.25, 0.3) is 0 Å². The summed E-state index contributed by atoms with van der Waals surface area (Å²) in [5.74, 6) is -0.197. The van der Waals surface area contributed by atoms with E-state index in [0.717, 1.165) is 64.2 Å². The molecule has 9 nitrogen and oxygen atoms in total. The number of ether oxygens (including phenoxy) is 2. The molecule has 338 valence electrons. The van der Waals surface area contributed by atoms with E-state index in [4.69, 9.17) is 9.47 Å². The van der Waals surface area contributed by atoms with Gasteiger partial charge in [0.1, 0.15) is 24.4 Å². The van der Waals surface area contributed by atoms with Crippen LogP contribution in [0.3, 0.4) is 0 Å². The van der Waals surface area contributed by atoms with E-state index < -0.39 is 49.5 Å². The Kier molecular flexibility index (Phi) is 36.7. The highest BCUT2D eigenvalue weighted by molar-refractivity contribution is 5.76. The minimum atomic E-state index is -1.57. The van der Waals surface area contributed by atoms with Gasteiger partial charge in [-0.3, -0.25) is 4.79 Å². The molecule has 0 aromatic rings. The van der Waals surface area contributed by atoms with E-state index in [1.165, 1.54) is 116 Å². The molecule has 1 heterocycles. The van der Waals surface area contributed by atoms with Crippen LogP contribution in [0, 0.1) is 0 Å². The van der Waals surface area contributed by atoms with Gasteiger partial charge >= 0.3 is 0 Å². The molecule has 0 aromatic carbocycles. The third kappa shape index (κ3) is 29.4. The molecule has 7 atom stereocenters. The molecule has 1 aliphatic rings. The summed E-state index contributed by atoms with van der Waals surface area (Å²) in [5, 5.41) is 54.2. The normalized spacial score (nSPS) is 21.3. The topological polar surface area (TPSA) is 149 Å². The van der Waals surface area contributed by atoms with Gasteiger partial charge in [-0.25, -0.2) is 0 Å². The summed E-state index contributed by atoms with van der Waals surface area (Å²) in [6.07, 6.45) is 42.9. The highest BCUT2D eigenvalue weighted by Gasteiger charge is 2.44. The minimum Gasteiger partial charge on any atom is -0.394 e. The van der Waals surface area contributed by atoms with Gasteiger partial charge in [0.25, 0.3) is 0 Å². The summed E-state index contributed by atoms with van der Waals surface area (Å²) in [6, 6.07) is -0.830. The van der Waals surface area contributed by atoms with Crippen LogP contribution in [0.2, 0.25) is 0 Å². The molecule has 1 amide bonds. The summed E-state index contributed by atoms with van der Waals surface area (Å²) in [7, 11) is 0. The lowest BCUT2D eigenvalue weighted by Crippen LogP contribution is -2.60. The molecule has 1 fully saturated rings. The minimum absolute atomic E-state index is 0.197. The Balaban J connectivity index is 2.38. The van der Waals surface area contributed by atoms with Crippen molar-refractivity contribution < 1.29 is 39.8 Å². The third-order valence-electron chi connectivity index (χ3n) is 11.1. The highest BCUT2D eigenvalue weighted by atomic mass is 16.7. The van der Waals surface area contributed by atoms with Crippen LogP contribution >= 0.6 is 0 Å². The Hall–Kier alpha value is -1.85. The first-order valence-electron chi connectivity index (χ1n) is 23.9. The fourth-order valence-electron chi connectivity index (χ4n) is 7.24. The second kappa shape index (κ2) is 39.3. The van der Waals surface area contributed by atoms with Crippen LogP contribution < -0.4 is 5.32 Å². The average molecular weight is 820 g/mol. The molecule has 0 bridgehead atoms. The Morgan fingerprint density at radius 1 is 0.569 bits per heavy atom. The number of hydrogen-bond acceptors (Lipinski definition) is 8. The van der Waals surface area contributed by atoms with Crippen molar-refractivity contribution in [3.63, 3.8) is 0 Å².